The van der Waals surface area contributed by atoms with Gasteiger partial charge < -0.3 is 15.4 Å². The van der Waals surface area contributed by atoms with E-state index in [-0.39, 0.29) is 19.1 Å². The van der Waals surface area contributed by atoms with Crippen LogP contribution in [0.2, 0.25) is 0 Å². The normalized spacial score (nSPS) is 10.1. The fourth-order valence-electron chi connectivity index (χ4n) is 1.82. The maximum atomic E-state index is 11.6. The Hall–Kier alpha value is -1.40. The number of aryl methyl sites for hydroxylation is 2. The molecule has 0 heterocycles. The fourth-order valence-corrected chi connectivity index (χ4v) is 1.93. The highest BCUT2D eigenvalue weighted by molar-refractivity contribution is 9.18. The molecule has 1 amide bonds. The molecule has 19 heavy (non-hydrogen) atoms. The Kier molecular flexibility index (Phi) is 5.98. The first-order valence-corrected chi connectivity index (χ1v) is 6.60. The van der Waals surface area contributed by atoms with Gasteiger partial charge in [0, 0.05) is 21.6 Å². The van der Waals surface area contributed by atoms with Crippen molar-refractivity contribution in [1.82, 2.24) is 5.32 Å². The van der Waals surface area contributed by atoms with Gasteiger partial charge in [-0.25, -0.2) is 4.79 Å². The third-order valence-corrected chi connectivity index (χ3v) is 2.78. The van der Waals surface area contributed by atoms with Crippen LogP contribution in [-0.2, 0) is 16.1 Å². The van der Waals surface area contributed by atoms with Crippen LogP contribution in [0.25, 0.3) is 0 Å². The molecule has 104 valence electrons. The van der Waals surface area contributed by atoms with Gasteiger partial charge in [0.25, 0.3) is 0 Å². The molecule has 0 aromatic heterocycles. The van der Waals surface area contributed by atoms with Crippen molar-refractivity contribution >= 4 is 32.4 Å². The number of likely N-dealkylation sites (N-methyl/N-ethyl adjacent to an activating group) is 1. The second-order valence-corrected chi connectivity index (χ2v) is 4.86. The van der Waals surface area contributed by atoms with Crippen LogP contribution in [-0.4, -0.2) is 24.4 Å². The van der Waals surface area contributed by atoms with Crippen LogP contribution in [0, 0.1) is 13.8 Å². The smallest absolute Gasteiger partial charge is 0.374 e. The second-order valence-electron chi connectivity index (χ2n) is 4.21. The molecule has 1 aromatic carbocycles. The fraction of sp³-hybridized carbons (Fsp3) is 0.385. The first-order chi connectivity index (χ1) is 8.93. The minimum atomic E-state index is -0.491. The van der Waals surface area contributed by atoms with E-state index in [4.69, 9.17) is 4.74 Å². The van der Waals surface area contributed by atoms with Crippen LogP contribution in [0.4, 0.5) is 10.5 Å². The summed E-state index contributed by atoms with van der Waals surface area (Å²) in [5.74, 6) is -0.0895. The summed E-state index contributed by atoms with van der Waals surface area (Å²) in [4.78, 5) is 21.8. The third-order valence-electron chi connectivity index (χ3n) is 2.55. The van der Waals surface area contributed by atoms with Crippen LogP contribution >= 0.6 is 15.9 Å². The SMILES string of the molecule is CNCC(=O)Nc1c(C)cc(COC(=O)Br)cc1C. The summed E-state index contributed by atoms with van der Waals surface area (Å²) in [5, 5.41) is 5.65. The molecule has 0 aliphatic rings. The zero-order chi connectivity index (χ0) is 14.4. The summed E-state index contributed by atoms with van der Waals surface area (Å²) in [6, 6.07) is 3.77. The predicted molar refractivity (Wildman–Crippen MR) is 77.6 cm³/mol. The van der Waals surface area contributed by atoms with Gasteiger partial charge in [0.05, 0.1) is 6.54 Å². The lowest BCUT2D eigenvalue weighted by atomic mass is 10.0. The molecule has 0 atom stereocenters. The highest BCUT2D eigenvalue weighted by atomic mass is 79.9. The summed E-state index contributed by atoms with van der Waals surface area (Å²) in [5.41, 5.74) is 3.55. The molecule has 0 spiro atoms. The number of ether oxygens (including phenoxy) is 1. The Bertz CT molecular complexity index is 466. The largest absolute Gasteiger partial charge is 0.452 e. The van der Waals surface area contributed by atoms with Crippen molar-refractivity contribution in [3.8, 4) is 0 Å². The maximum Gasteiger partial charge on any atom is 0.374 e. The predicted octanol–water partition coefficient (Wildman–Crippen LogP) is 2.49. The van der Waals surface area contributed by atoms with Gasteiger partial charge in [0.2, 0.25) is 5.91 Å². The quantitative estimate of drug-likeness (QED) is 0.815. The molecule has 2 N–H and O–H groups in total. The third kappa shape index (κ3) is 5.00. The van der Waals surface area contributed by atoms with Gasteiger partial charge in [-0.3, -0.25) is 4.79 Å². The first-order valence-electron chi connectivity index (χ1n) is 5.81. The molecule has 0 bridgehead atoms. The zero-order valence-corrected chi connectivity index (χ0v) is 12.8. The molecule has 6 heteroatoms. The summed E-state index contributed by atoms with van der Waals surface area (Å²) < 4.78 is 4.88. The van der Waals surface area contributed by atoms with E-state index in [1.165, 1.54) is 0 Å². The molecule has 0 aliphatic heterocycles. The van der Waals surface area contributed by atoms with Crippen molar-refractivity contribution in [3.63, 3.8) is 0 Å². The van der Waals surface area contributed by atoms with E-state index in [9.17, 15) is 9.59 Å². The first kappa shape index (κ1) is 15.7. The molecule has 0 saturated carbocycles. The number of carbonyl (C=O) groups is 2. The van der Waals surface area contributed by atoms with E-state index in [1.807, 2.05) is 26.0 Å². The van der Waals surface area contributed by atoms with E-state index in [0.717, 1.165) is 22.4 Å². The Morgan fingerprint density at radius 3 is 2.32 bits per heavy atom. The van der Waals surface area contributed by atoms with E-state index >= 15 is 0 Å². The average molecular weight is 329 g/mol. The summed E-state index contributed by atoms with van der Waals surface area (Å²) in [7, 11) is 1.72. The number of anilines is 1. The van der Waals surface area contributed by atoms with Gasteiger partial charge in [-0.1, -0.05) is 12.1 Å². The van der Waals surface area contributed by atoms with Gasteiger partial charge in [0.1, 0.15) is 6.61 Å². The lowest BCUT2D eigenvalue weighted by Crippen LogP contribution is -2.25. The number of amides is 1. The molecule has 0 aliphatic carbocycles. The molecule has 5 nitrogen and oxygen atoms in total. The van der Waals surface area contributed by atoms with Crippen molar-refractivity contribution in [1.29, 1.82) is 0 Å². The van der Waals surface area contributed by atoms with Crippen LogP contribution in [0.15, 0.2) is 12.1 Å². The van der Waals surface area contributed by atoms with Crippen LogP contribution < -0.4 is 10.6 Å². The minimum Gasteiger partial charge on any atom is -0.452 e. The molecule has 1 rings (SSSR count). The van der Waals surface area contributed by atoms with Crippen molar-refractivity contribution in [2.24, 2.45) is 0 Å². The Morgan fingerprint density at radius 2 is 1.84 bits per heavy atom. The molecule has 0 fully saturated rings. The molecule has 1 aromatic rings. The topological polar surface area (TPSA) is 67.4 Å². The maximum absolute atomic E-state index is 11.6. The number of benzene rings is 1. The van der Waals surface area contributed by atoms with Crippen molar-refractivity contribution in [2.45, 2.75) is 20.5 Å². The molecular formula is C13H17BrN2O3. The average Bonchev–Trinajstić information content (AvgIpc) is 2.31. The van der Waals surface area contributed by atoms with Crippen LogP contribution in [0.3, 0.4) is 0 Å². The monoisotopic (exact) mass is 328 g/mol. The van der Waals surface area contributed by atoms with E-state index in [2.05, 4.69) is 26.6 Å². The van der Waals surface area contributed by atoms with Gasteiger partial charge >= 0.3 is 4.88 Å². The van der Waals surface area contributed by atoms with E-state index < -0.39 is 4.88 Å². The summed E-state index contributed by atoms with van der Waals surface area (Å²) >= 11 is 2.71. The van der Waals surface area contributed by atoms with Crippen molar-refractivity contribution in [2.75, 3.05) is 18.9 Å². The summed E-state index contributed by atoms with van der Waals surface area (Å²) in [6.07, 6.45) is 0. The number of halogens is 1. The highest BCUT2D eigenvalue weighted by Gasteiger charge is 2.09. The van der Waals surface area contributed by atoms with Gasteiger partial charge in [-0.05, 0) is 37.6 Å². The Labute approximate surface area is 120 Å². The van der Waals surface area contributed by atoms with Crippen LogP contribution in [0.1, 0.15) is 16.7 Å². The van der Waals surface area contributed by atoms with Gasteiger partial charge in [-0.2, -0.15) is 0 Å². The lowest BCUT2D eigenvalue weighted by Gasteiger charge is -2.13. The standard InChI is InChI=1S/C13H17BrN2O3/c1-8-4-10(7-19-13(14)18)5-9(2)12(8)16-11(17)6-15-3/h4-5,15H,6-7H2,1-3H3,(H,16,17). The number of rotatable bonds is 5. The van der Waals surface area contributed by atoms with Crippen molar-refractivity contribution in [3.05, 3.63) is 28.8 Å². The van der Waals surface area contributed by atoms with Crippen molar-refractivity contribution < 1.29 is 14.3 Å². The van der Waals surface area contributed by atoms with Gasteiger partial charge in [0.15, 0.2) is 0 Å². The Balaban J connectivity index is 2.85. The second kappa shape index (κ2) is 7.25. The van der Waals surface area contributed by atoms with E-state index in [0.29, 0.717) is 0 Å². The zero-order valence-electron chi connectivity index (χ0n) is 11.2. The van der Waals surface area contributed by atoms with E-state index in [1.54, 1.807) is 7.05 Å². The molecule has 0 unspecified atom stereocenters. The number of nitrogens with one attached hydrogen (secondary N) is 2. The highest BCUT2D eigenvalue weighted by Crippen LogP contribution is 2.22. The summed E-state index contributed by atoms with van der Waals surface area (Å²) in [6.45, 7) is 4.28. The van der Waals surface area contributed by atoms with Crippen LogP contribution in [0.5, 0.6) is 0 Å². The molecular weight excluding hydrogens is 312 g/mol. The number of carbonyl (C=O) groups excluding carboxylic acids is 2. The van der Waals surface area contributed by atoms with Gasteiger partial charge in [-0.15, -0.1) is 0 Å². The lowest BCUT2D eigenvalue weighted by molar-refractivity contribution is -0.115. The molecule has 0 radical (unpaired) electrons. The number of hydrogen-bond donors (Lipinski definition) is 2. The minimum absolute atomic E-state index is 0.0895. The Morgan fingerprint density at radius 1 is 1.26 bits per heavy atom. The molecule has 0 saturated heterocycles. The number of hydrogen-bond acceptors (Lipinski definition) is 4.